The number of nitrogens with one attached hydrogen (secondary N) is 1. The number of hydrogen-bond donors (Lipinski definition) is 1. The molecule has 0 atom stereocenters. The van der Waals surface area contributed by atoms with Crippen LogP contribution in [0.2, 0.25) is 0 Å². The van der Waals surface area contributed by atoms with E-state index in [1.807, 2.05) is 44.0 Å². The van der Waals surface area contributed by atoms with Gasteiger partial charge in [0.25, 0.3) is 0 Å². The summed E-state index contributed by atoms with van der Waals surface area (Å²) in [5, 5.41) is 2.98. The van der Waals surface area contributed by atoms with Gasteiger partial charge in [0, 0.05) is 18.8 Å². The van der Waals surface area contributed by atoms with Crippen molar-refractivity contribution >= 4 is 22.8 Å². The maximum atomic E-state index is 12.5. The fourth-order valence-electron chi connectivity index (χ4n) is 3.07. The Morgan fingerprint density at radius 3 is 2.46 bits per heavy atom. The number of anilines is 1. The van der Waals surface area contributed by atoms with Crippen LogP contribution in [0.3, 0.4) is 0 Å². The number of nitrogens with zero attached hydrogens (tertiary/aromatic N) is 4. The summed E-state index contributed by atoms with van der Waals surface area (Å²) < 4.78 is 0. The van der Waals surface area contributed by atoms with Crippen LogP contribution < -0.4 is 5.32 Å². The van der Waals surface area contributed by atoms with Crippen LogP contribution in [0, 0.1) is 13.8 Å². The highest BCUT2D eigenvalue weighted by atomic mass is 16.2. The lowest BCUT2D eigenvalue weighted by Gasteiger charge is -2.35. The number of rotatable bonds is 2. The van der Waals surface area contributed by atoms with Gasteiger partial charge in [-0.25, -0.2) is 14.8 Å². The van der Waals surface area contributed by atoms with Gasteiger partial charge < -0.3 is 15.1 Å². The molecule has 2 amide bonds. The third kappa shape index (κ3) is 3.48. The molecule has 24 heavy (non-hydrogen) atoms. The second-order valence-electron chi connectivity index (χ2n) is 6.67. The minimum absolute atomic E-state index is 0.0688. The first-order valence-corrected chi connectivity index (χ1v) is 8.41. The van der Waals surface area contributed by atoms with Gasteiger partial charge in [-0.15, -0.1) is 0 Å². The van der Waals surface area contributed by atoms with E-state index < -0.39 is 0 Å². The van der Waals surface area contributed by atoms with Gasteiger partial charge in [-0.05, 0) is 65.0 Å². The molecule has 128 valence electrons. The highest BCUT2D eigenvalue weighted by molar-refractivity contribution is 5.91. The zero-order valence-electron chi connectivity index (χ0n) is 14.8. The normalized spacial score (nSPS) is 16.3. The summed E-state index contributed by atoms with van der Waals surface area (Å²) in [4.78, 5) is 25.7. The second kappa shape index (κ2) is 6.73. The number of amides is 2. The molecule has 2 aromatic rings. The molecule has 0 radical (unpaired) electrons. The lowest BCUT2D eigenvalue weighted by molar-refractivity contribution is 0.156. The van der Waals surface area contributed by atoms with Gasteiger partial charge in [0.2, 0.25) is 0 Å². The standard InChI is InChI=1S/C18H25N5O/c1-12-13(2)20-17-11-14(5-6-16(17)19-12)21-18(24)23(4)15-7-9-22(3)10-8-15/h5-6,11,15H,7-10H2,1-4H3,(H,21,24). The van der Waals surface area contributed by atoms with E-state index in [9.17, 15) is 4.79 Å². The number of likely N-dealkylation sites (tertiary alicyclic amines) is 1. The lowest BCUT2D eigenvalue weighted by Crippen LogP contribution is -2.46. The number of benzene rings is 1. The van der Waals surface area contributed by atoms with E-state index in [2.05, 4.69) is 27.2 Å². The van der Waals surface area contributed by atoms with Crippen LogP contribution in [0.25, 0.3) is 11.0 Å². The quantitative estimate of drug-likeness (QED) is 0.921. The molecule has 6 heteroatoms. The molecule has 1 fully saturated rings. The maximum absolute atomic E-state index is 12.5. The number of aryl methyl sites for hydroxylation is 2. The van der Waals surface area contributed by atoms with Crippen molar-refractivity contribution in [2.75, 3.05) is 32.5 Å². The molecule has 2 heterocycles. The number of hydrogen-bond acceptors (Lipinski definition) is 4. The predicted molar refractivity (Wildman–Crippen MR) is 96.3 cm³/mol. The molecule has 1 aromatic carbocycles. The first-order chi connectivity index (χ1) is 11.4. The van der Waals surface area contributed by atoms with Crippen molar-refractivity contribution in [2.24, 2.45) is 0 Å². The van der Waals surface area contributed by atoms with Crippen molar-refractivity contribution in [3.05, 3.63) is 29.6 Å². The fraction of sp³-hybridized carbons (Fsp3) is 0.500. The highest BCUT2D eigenvalue weighted by Gasteiger charge is 2.24. The van der Waals surface area contributed by atoms with E-state index >= 15 is 0 Å². The summed E-state index contributed by atoms with van der Waals surface area (Å²) in [6.07, 6.45) is 2.03. The van der Waals surface area contributed by atoms with Crippen molar-refractivity contribution in [3.8, 4) is 0 Å². The van der Waals surface area contributed by atoms with E-state index in [4.69, 9.17) is 0 Å². The van der Waals surface area contributed by atoms with Crippen molar-refractivity contribution in [2.45, 2.75) is 32.7 Å². The molecule has 1 N–H and O–H groups in total. The van der Waals surface area contributed by atoms with Crippen LogP contribution in [-0.2, 0) is 0 Å². The van der Waals surface area contributed by atoms with E-state index in [0.717, 1.165) is 54.0 Å². The van der Waals surface area contributed by atoms with E-state index in [-0.39, 0.29) is 6.03 Å². The number of fused-ring (bicyclic) bond motifs is 1. The van der Waals surface area contributed by atoms with E-state index in [0.29, 0.717) is 6.04 Å². The third-order valence-electron chi connectivity index (χ3n) is 4.88. The summed E-state index contributed by atoms with van der Waals surface area (Å²) >= 11 is 0. The smallest absolute Gasteiger partial charge is 0.321 e. The summed E-state index contributed by atoms with van der Waals surface area (Å²) in [6, 6.07) is 5.90. The zero-order valence-corrected chi connectivity index (χ0v) is 14.8. The molecule has 0 bridgehead atoms. The maximum Gasteiger partial charge on any atom is 0.321 e. The molecule has 0 saturated carbocycles. The third-order valence-corrected chi connectivity index (χ3v) is 4.88. The van der Waals surface area contributed by atoms with Gasteiger partial charge >= 0.3 is 6.03 Å². The van der Waals surface area contributed by atoms with Gasteiger partial charge in [0.05, 0.1) is 22.4 Å². The van der Waals surface area contributed by atoms with Crippen LogP contribution in [-0.4, -0.2) is 59.0 Å². The summed E-state index contributed by atoms with van der Waals surface area (Å²) in [5.74, 6) is 0. The van der Waals surface area contributed by atoms with E-state index in [1.165, 1.54) is 0 Å². The zero-order chi connectivity index (χ0) is 17.3. The fourth-order valence-corrected chi connectivity index (χ4v) is 3.07. The predicted octanol–water partition coefficient (Wildman–Crippen LogP) is 2.80. The Hall–Kier alpha value is -2.21. The molecule has 3 rings (SSSR count). The average Bonchev–Trinajstić information content (AvgIpc) is 2.56. The van der Waals surface area contributed by atoms with E-state index in [1.54, 1.807) is 0 Å². The molecule has 1 aromatic heterocycles. The molecule has 1 aliphatic heterocycles. The minimum atomic E-state index is -0.0688. The first kappa shape index (κ1) is 16.6. The summed E-state index contributed by atoms with van der Waals surface area (Å²) in [5.41, 5.74) is 4.25. The Bertz CT molecular complexity index is 752. The Kier molecular flexibility index (Phi) is 4.66. The number of piperidine rings is 1. The SMILES string of the molecule is Cc1nc2ccc(NC(=O)N(C)C3CCN(C)CC3)cc2nc1C. The Morgan fingerprint density at radius 2 is 1.79 bits per heavy atom. The molecular weight excluding hydrogens is 302 g/mol. The van der Waals surface area contributed by atoms with Crippen molar-refractivity contribution in [3.63, 3.8) is 0 Å². The van der Waals surface area contributed by atoms with Crippen molar-refractivity contribution in [1.82, 2.24) is 19.8 Å². The highest BCUT2D eigenvalue weighted by Crippen LogP contribution is 2.19. The van der Waals surface area contributed by atoms with Gasteiger partial charge in [0.1, 0.15) is 0 Å². The van der Waals surface area contributed by atoms with Crippen molar-refractivity contribution in [1.29, 1.82) is 0 Å². The molecule has 6 nitrogen and oxygen atoms in total. The van der Waals surface area contributed by atoms with Crippen LogP contribution in [0.1, 0.15) is 24.2 Å². The Morgan fingerprint density at radius 1 is 1.17 bits per heavy atom. The van der Waals surface area contributed by atoms with Gasteiger partial charge in [-0.3, -0.25) is 0 Å². The Labute approximate surface area is 142 Å². The summed E-state index contributed by atoms with van der Waals surface area (Å²) in [6.45, 7) is 5.97. The monoisotopic (exact) mass is 327 g/mol. The Balaban J connectivity index is 1.71. The van der Waals surface area contributed by atoms with Gasteiger partial charge in [-0.1, -0.05) is 0 Å². The first-order valence-electron chi connectivity index (χ1n) is 8.41. The molecular formula is C18H25N5O. The number of carbonyl (C=O) groups excluding carboxylic acids is 1. The number of aromatic nitrogens is 2. The lowest BCUT2D eigenvalue weighted by atomic mass is 10.0. The molecule has 1 saturated heterocycles. The molecule has 0 aliphatic carbocycles. The van der Waals surface area contributed by atoms with Crippen LogP contribution in [0.15, 0.2) is 18.2 Å². The topological polar surface area (TPSA) is 61.4 Å². The molecule has 0 spiro atoms. The van der Waals surface area contributed by atoms with Crippen LogP contribution in [0.5, 0.6) is 0 Å². The van der Waals surface area contributed by atoms with Gasteiger partial charge in [-0.2, -0.15) is 0 Å². The second-order valence-corrected chi connectivity index (χ2v) is 6.67. The largest absolute Gasteiger partial charge is 0.325 e. The molecule has 0 unspecified atom stereocenters. The number of carbonyl (C=O) groups is 1. The van der Waals surface area contributed by atoms with Gasteiger partial charge in [0.15, 0.2) is 0 Å². The number of urea groups is 1. The minimum Gasteiger partial charge on any atom is -0.325 e. The van der Waals surface area contributed by atoms with Crippen molar-refractivity contribution < 1.29 is 4.79 Å². The van der Waals surface area contributed by atoms with Crippen LogP contribution >= 0.6 is 0 Å². The van der Waals surface area contributed by atoms with Crippen LogP contribution in [0.4, 0.5) is 10.5 Å². The average molecular weight is 327 g/mol. The summed E-state index contributed by atoms with van der Waals surface area (Å²) in [7, 11) is 4.00. The molecule has 1 aliphatic rings.